The Morgan fingerprint density at radius 2 is 1.95 bits per heavy atom. The fourth-order valence-electron chi connectivity index (χ4n) is 4.13. The monoisotopic (exact) mass is 266 g/mol. The standard InChI is InChI=1S/C16H30N2O/c1-2-5-15(6-3-1)16-12-18(9-4-8-17-16)11-14-7-10-19-13-14/h14-17H,1-13H2. The molecular weight excluding hydrogens is 236 g/mol. The number of ether oxygens (including phenoxy) is 1. The molecule has 2 heterocycles. The Bertz CT molecular complexity index is 259. The van der Waals surface area contributed by atoms with Crippen molar-refractivity contribution in [3.05, 3.63) is 0 Å². The average Bonchev–Trinajstić information content (AvgIpc) is 2.84. The van der Waals surface area contributed by atoms with Gasteiger partial charge in [-0.3, -0.25) is 0 Å². The summed E-state index contributed by atoms with van der Waals surface area (Å²) in [5, 5.41) is 3.83. The second kappa shape index (κ2) is 7.05. The van der Waals surface area contributed by atoms with Crippen molar-refractivity contribution < 1.29 is 4.74 Å². The highest BCUT2D eigenvalue weighted by Crippen LogP contribution is 2.28. The Hall–Kier alpha value is -0.120. The van der Waals surface area contributed by atoms with Crippen molar-refractivity contribution >= 4 is 0 Å². The van der Waals surface area contributed by atoms with E-state index in [0.717, 1.165) is 31.1 Å². The van der Waals surface area contributed by atoms with Gasteiger partial charge in [-0.15, -0.1) is 0 Å². The van der Waals surface area contributed by atoms with Gasteiger partial charge in [-0.05, 0) is 50.6 Å². The summed E-state index contributed by atoms with van der Waals surface area (Å²) in [5.74, 6) is 1.74. The van der Waals surface area contributed by atoms with E-state index in [2.05, 4.69) is 10.2 Å². The van der Waals surface area contributed by atoms with Crippen LogP contribution in [0.3, 0.4) is 0 Å². The number of hydrogen-bond acceptors (Lipinski definition) is 3. The molecule has 3 rings (SSSR count). The van der Waals surface area contributed by atoms with Gasteiger partial charge >= 0.3 is 0 Å². The van der Waals surface area contributed by atoms with E-state index >= 15 is 0 Å². The van der Waals surface area contributed by atoms with Crippen LogP contribution in [-0.4, -0.2) is 50.3 Å². The zero-order valence-electron chi connectivity index (χ0n) is 12.3. The Labute approximate surface area is 118 Å². The summed E-state index contributed by atoms with van der Waals surface area (Å²) in [7, 11) is 0. The van der Waals surface area contributed by atoms with Crippen LogP contribution in [0.1, 0.15) is 44.9 Å². The van der Waals surface area contributed by atoms with Crippen LogP contribution in [0.2, 0.25) is 0 Å². The first-order valence-corrected chi connectivity index (χ1v) is 8.45. The van der Waals surface area contributed by atoms with Gasteiger partial charge in [-0.1, -0.05) is 19.3 Å². The molecule has 0 aromatic rings. The molecule has 0 aromatic carbocycles. The van der Waals surface area contributed by atoms with E-state index in [1.54, 1.807) is 0 Å². The number of hydrogen-bond donors (Lipinski definition) is 1. The summed E-state index contributed by atoms with van der Waals surface area (Å²) in [4.78, 5) is 2.72. The van der Waals surface area contributed by atoms with Gasteiger partial charge in [0, 0.05) is 25.7 Å². The highest BCUT2D eigenvalue weighted by Gasteiger charge is 2.28. The molecule has 1 aliphatic carbocycles. The molecule has 3 fully saturated rings. The highest BCUT2D eigenvalue weighted by molar-refractivity contribution is 4.85. The van der Waals surface area contributed by atoms with Crippen LogP contribution in [0, 0.1) is 11.8 Å². The Morgan fingerprint density at radius 1 is 1.05 bits per heavy atom. The smallest absolute Gasteiger partial charge is 0.0507 e. The summed E-state index contributed by atoms with van der Waals surface area (Å²) in [6, 6.07) is 0.755. The lowest BCUT2D eigenvalue weighted by molar-refractivity contribution is 0.157. The maximum Gasteiger partial charge on any atom is 0.0507 e. The Morgan fingerprint density at radius 3 is 2.74 bits per heavy atom. The third-order valence-electron chi connectivity index (χ3n) is 5.27. The summed E-state index contributed by atoms with van der Waals surface area (Å²) in [5.41, 5.74) is 0. The molecule has 0 radical (unpaired) electrons. The summed E-state index contributed by atoms with van der Waals surface area (Å²) >= 11 is 0. The van der Waals surface area contributed by atoms with Gasteiger partial charge in [0.25, 0.3) is 0 Å². The minimum atomic E-state index is 0.755. The van der Waals surface area contributed by atoms with E-state index in [9.17, 15) is 0 Å². The molecule has 3 nitrogen and oxygen atoms in total. The van der Waals surface area contributed by atoms with E-state index in [-0.39, 0.29) is 0 Å². The van der Waals surface area contributed by atoms with E-state index in [1.807, 2.05) is 0 Å². The predicted octanol–water partition coefficient (Wildman–Crippen LogP) is 2.27. The largest absolute Gasteiger partial charge is 0.381 e. The molecule has 2 aliphatic heterocycles. The fraction of sp³-hybridized carbons (Fsp3) is 1.00. The molecule has 2 saturated heterocycles. The predicted molar refractivity (Wildman–Crippen MR) is 78.3 cm³/mol. The molecule has 0 aromatic heterocycles. The van der Waals surface area contributed by atoms with Crippen molar-refractivity contribution in [3.8, 4) is 0 Å². The molecule has 1 N–H and O–H groups in total. The van der Waals surface area contributed by atoms with Gasteiger partial charge in [0.2, 0.25) is 0 Å². The Kier molecular flexibility index (Phi) is 5.14. The minimum absolute atomic E-state index is 0.755. The molecule has 19 heavy (non-hydrogen) atoms. The van der Waals surface area contributed by atoms with Crippen LogP contribution in [0.15, 0.2) is 0 Å². The SMILES string of the molecule is C1CCC(C2CN(CC3CCOC3)CCCN2)CC1. The molecule has 1 saturated carbocycles. The Balaban J connectivity index is 1.52. The lowest BCUT2D eigenvalue weighted by atomic mass is 9.83. The van der Waals surface area contributed by atoms with Gasteiger partial charge < -0.3 is 15.0 Å². The van der Waals surface area contributed by atoms with Crippen LogP contribution in [0.5, 0.6) is 0 Å². The van der Waals surface area contributed by atoms with E-state index < -0.39 is 0 Å². The van der Waals surface area contributed by atoms with E-state index in [4.69, 9.17) is 4.74 Å². The quantitative estimate of drug-likeness (QED) is 0.848. The third-order valence-corrected chi connectivity index (χ3v) is 5.27. The second-order valence-electron chi connectivity index (χ2n) is 6.80. The van der Waals surface area contributed by atoms with Crippen LogP contribution in [-0.2, 0) is 4.74 Å². The molecular formula is C16H30N2O. The molecule has 0 amide bonds. The molecule has 3 aliphatic rings. The van der Waals surface area contributed by atoms with Crippen molar-refractivity contribution in [2.24, 2.45) is 11.8 Å². The van der Waals surface area contributed by atoms with E-state index in [0.29, 0.717) is 0 Å². The van der Waals surface area contributed by atoms with Crippen molar-refractivity contribution in [1.29, 1.82) is 0 Å². The topological polar surface area (TPSA) is 24.5 Å². The van der Waals surface area contributed by atoms with E-state index in [1.165, 1.54) is 71.1 Å². The first-order valence-electron chi connectivity index (χ1n) is 8.45. The van der Waals surface area contributed by atoms with Crippen molar-refractivity contribution in [3.63, 3.8) is 0 Å². The zero-order chi connectivity index (χ0) is 12.9. The molecule has 0 spiro atoms. The van der Waals surface area contributed by atoms with Gasteiger partial charge in [-0.2, -0.15) is 0 Å². The number of nitrogens with one attached hydrogen (secondary N) is 1. The van der Waals surface area contributed by atoms with Crippen molar-refractivity contribution in [2.75, 3.05) is 39.4 Å². The van der Waals surface area contributed by atoms with Gasteiger partial charge in [-0.25, -0.2) is 0 Å². The number of rotatable bonds is 3. The minimum Gasteiger partial charge on any atom is -0.381 e. The normalized spacial score (nSPS) is 35.4. The molecule has 2 atom stereocenters. The highest BCUT2D eigenvalue weighted by atomic mass is 16.5. The lowest BCUT2D eigenvalue weighted by Crippen LogP contribution is -2.44. The van der Waals surface area contributed by atoms with Crippen molar-refractivity contribution in [2.45, 2.75) is 51.0 Å². The van der Waals surface area contributed by atoms with Gasteiger partial charge in [0.1, 0.15) is 0 Å². The molecule has 3 heteroatoms. The maximum atomic E-state index is 5.53. The molecule has 0 bridgehead atoms. The first kappa shape index (κ1) is 13.8. The van der Waals surface area contributed by atoms with Crippen LogP contribution in [0.4, 0.5) is 0 Å². The maximum absolute atomic E-state index is 5.53. The first-order chi connectivity index (χ1) is 9.42. The summed E-state index contributed by atoms with van der Waals surface area (Å²) < 4.78 is 5.53. The summed E-state index contributed by atoms with van der Waals surface area (Å²) in [6.45, 7) is 7.04. The fourth-order valence-corrected chi connectivity index (χ4v) is 4.13. The number of nitrogens with zero attached hydrogens (tertiary/aromatic N) is 1. The third kappa shape index (κ3) is 3.93. The van der Waals surface area contributed by atoms with Gasteiger partial charge in [0.05, 0.1) is 6.61 Å². The van der Waals surface area contributed by atoms with Crippen molar-refractivity contribution in [1.82, 2.24) is 10.2 Å². The van der Waals surface area contributed by atoms with Gasteiger partial charge in [0.15, 0.2) is 0 Å². The van der Waals surface area contributed by atoms with Crippen LogP contribution >= 0.6 is 0 Å². The van der Waals surface area contributed by atoms with Crippen LogP contribution < -0.4 is 5.32 Å². The molecule has 2 unspecified atom stereocenters. The lowest BCUT2D eigenvalue weighted by Gasteiger charge is -2.33. The van der Waals surface area contributed by atoms with Crippen LogP contribution in [0.25, 0.3) is 0 Å². The zero-order valence-corrected chi connectivity index (χ0v) is 12.3. The average molecular weight is 266 g/mol. The summed E-state index contributed by atoms with van der Waals surface area (Å²) in [6.07, 6.45) is 9.88. The molecule has 110 valence electrons. The second-order valence-corrected chi connectivity index (χ2v) is 6.80.